The fourth-order valence-electron chi connectivity index (χ4n) is 1.58. The number of hydrogen-bond acceptors (Lipinski definition) is 5. The average Bonchev–Trinajstić information content (AvgIpc) is 2.76. The fourth-order valence-corrected chi connectivity index (χ4v) is 1.58. The van der Waals surface area contributed by atoms with E-state index in [1.807, 2.05) is 39.0 Å². The number of ketones is 1. The minimum atomic E-state index is -0.480. The van der Waals surface area contributed by atoms with Gasteiger partial charge in [0.15, 0.2) is 5.78 Å². The van der Waals surface area contributed by atoms with Crippen molar-refractivity contribution < 1.29 is 4.79 Å². The Balaban J connectivity index is 2.26. The summed E-state index contributed by atoms with van der Waals surface area (Å²) in [5.41, 5.74) is -0.480. The Morgan fingerprint density at radius 3 is 2.72 bits per heavy atom. The molecule has 0 saturated carbocycles. The molecule has 0 fully saturated rings. The van der Waals surface area contributed by atoms with Crippen molar-refractivity contribution in [1.29, 1.82) is 0 Å². The lowest BCUT2D eigenvalue weighted by molar-refractivity contribution is -0.124. The molecule has 0 atom stereocenters. The Morgan fingerprint density at radius 2 is 2.17 bits per heavy atom. The van der Waals surface area contributed by atoms with Gasteiger partial charge in [0.1, 0.15) is 0 Å². The van der Waals surface area contributed by atoms with Crippen LogP contribution < -0.4 is 5.32 Å². The van der Waals surface area contributed by atoms with Crippen LogP contribution in [0, 0.1) is 0 Å². The van der Waals surface area contributed by atoms with Crippen molar-refractivity contribution in [3.63, 3.8) is 0 Å². The molecule has 0 aromatic carbocycles. The third-order valence-electron chi connectivity index (χ3n) is 2.76. The average molecular weight is 253 g/mol. The summed E-state index contributed by atoms with van der Waals surface area (Å²) in [6.45, 7) is 5.91. The van der Waals surface area contributed by atoms with Gasteiger partial charge in [-0.3, -0.25) is 9.48 Å². The van der Waals surface area contributed by atoms with Crippen LogP contribution in [0.25, 0.3) is 0 Å². The van der Waals surface area contributed by atoms with Gasteiger partial charge in [0.05, 0.1) is 18.3 Å². The largest absolute Gasteiger partial charge is 0.305 e. The first-order valence-corrected chi connectivity index (χ1v) is 6.19. The van der Waals surface area contributed by atoms with Gasteiger partial charge >= 0.3 is 0 Å². The molecule has 102 valence electrons. The molecule has 6 heteroatoms. The van der Waals surface area contributed by atoms with Gasteiger partial charge in [-0.05, 0) is 40.9 Å². The first-order chi connectivity index (χ1) is 8.42. The van der Waals surface area contributed by atoms with Crippen molar-refractivity contribution in [2.75, 3.05) is 27.2 Å². The van der Waals surface area contributed by atoms with Gasteiger partial charge in [-0.25, -0.2) is 0 Å². The van der Waals surface area contributed by atoms with E-state index in [0.29, 0.717) is 6.54 Å². The number of nitrogens with zero attached hydrogens (tertiary/aromatic N) is 4. The molecular formula is C12H23N5O. The van der Waals surface area contributed by atoms with Gasteiger partial charge in [-0.2, -0.15) is 0 Å². The molecule has 1 N–H and O–H groups in total. The lowest BCUT2D eigenvalue weighted by atomic mass is 9.98. The van der Waals surface area contributed by atoms with Gasteiger partial charge in [-0.15, -0.1) is 5.10 Å². The number of aryl methyl sites for hydroxylation is 1. The van der Waals surface area contributed by atoms with E-state index in [2.05, 4.69) is 15.6 Å². The molecule has 0 spiro atoms. The molecule has 0 radical (unpaired) electrons. The van der Waals surface area contributed by atoms with E-state index in [4.69, 9.17) is 0 Å². The number of aromatic nitrogens is 3. The van der Waals surface area contributed by atoms with E-state index >= 15 is 0 Å². The summed E-state index contributed by atoms with van der Waals surface area (Å²) in [4.78, 5) is 13.9. The minimum absolute atomic E-state index is 0.202. The molecular weight excluding hydrogens is 230 g/mol. The van der Waals surface area contributed by atoms with Gasteiger partial charge in [0.2, 0.25) is 0 Å². The molecule has 0 aliphatic heterocycles. The molecule has 1 aromatic heterocycles. The lowest BCUT2D eigenvalue weighted by Crippen LogP contribution is -2.50. The number of carbonyl (C=O) groups excluding carboxylic acids is 1. The Labute approximate surface area is 108 Å². The molecule has 0 unspecified atom stereocenters. The van der Waals surface area contributed by atoms with Crippen molar-refractivity contribution >= 4 is 5.78 Å². The molecule has 0 amide bonds. The lowest BCUT2D eigenvalue weighted by Gasteiger charge is -2.26. The maximum Gasteiger partial charge on any atom is 0.166 e. The van der Waals surface area contributed by atoms with Crippen LogP contribution in [0.2, 0.25) is 0 Å². The van der Waals surface area contributed by atoms with Gasteiger partial charge in [-0.1, -0.05) is 5.21 Å². The molecule has 6 nitrogen and oxygen atoms in total. The van der Waals surface area contributed by atoms with Crippen molar-refractivity contribution in [2.24, 2.45) is 0 Å². The summed E-state index contributed by atoms with van der Waals surface area (Å²) in [5.74, 6) is 0.202. The van der Waals surface area contributed by atoms with Crippen molar-refractivity contribution in [3.8, 4) is 0 Å². The predicted octanol–water partition coefficient (Wildman–Crippen LogP) is 0.167. The monoisotopic (exact) mass is 253 g/mol. The summed E-state index contributed by atoms with van der Waals surface area (Å²) in [5, 5.41) is 10.9. The van der Waals surface area contributed by atoms with E-state index < -0.39 is 5.54 Å². The number of likely N-dealkylation sites (N-methyl/N-ethyl adjacent to an activating group) is 1. The second-order valence-electron chi connectivity index (χ2n) is 5.23. The highest BCUT2D eigenvalue weighted by Gasteiger charge is 2.26. The Morgan fingerprint density at radius 1 is 1.44 bits per heavy atom. The van der Waals surface area contributed by atoms with Crippen LogP contribution in [0.5, 0.6) is 0 Å². The van der Waals surface area contributed by atoms with E-state index in [1.54, 1.807) is 10.9 Å². The smallest absolute Gasteiger partial charge is 0.166 e. The van der Waals surface area contributed by atoms with Crippen LogP contribution >= 0.6 is 0 Å². The number of Topliss-reactive ketones (excluding diaryl/α,β-unsaturated/α-hetero) is 1. The topological polar surface area (TPSA) is 63.1 Å². The molecule has 1 heterocycles. The van der Waals surface area contributed by atoms with Crippen LogP contribution in [-0.4, -0.2) is 58.4 Å². The Kier molecular flexibility index (Phi) is 5.43. The number of nitrogens with one attached hydrogen (secondary N) is 1. The second-order valence-corrected chi connectivity index (χ2v) is 5.23. The van der Waals surface area contributed by atoms with Crippen LogP contribution in [0.15, 0.2) is 12.4 Å². The first kappa shape index (κ1) is 14.8. The summed E-state index contributed by atoms with van der Waals surface area (Å²) < 4.78 is 1.79. The third kappa shape index (κ3) is 4.93. The van der Waals surface area contributed by atoms with Crippen LogP contribution in [0.1, 0.15) is 20.3 Å². The molecule has 0 saturated heterocycles. The highest BCUT2D eigenvalue weighted by Crippen LogP contribution is 2.04. The summed E-state index contributed by atoms with van der Waals surface area (Å²) in [6, 6.07) is 0. The van der Waals surface area contributed by atoms with Crippen molar-refractivity contribution in [2.45, 2.75) is 32.4 Å². The van der Waals surface area contributed by atoms with E-state index in [0.717, 1.165) is 19.5 Å². The van der Waals surface area contributed by atoms with Gasteiger partial charge in [0.25, 0.3) is 0 Å². The minimum Gasteiger partial charge on any atom is -0.305 e. The zero-order valence-corrected chi connectivity index (χ0v) is 11.7. The van der Waals surface area contributed by atoms with E-state index in [-0.39, 0.29) is 5.78 Å². The molecule has 0 bridgehead atoms. The normalized spacial score (nSPS) is 12.1. The fraction of sp³-hybridized carbons (Fsp3) is 0.750. The highest BCUT2D eigenvalue weighted by atomic mass is 16.1. The van der Waals surface area contributed by atoms with Crippen LogP contribution in [0.4, 0.5) is 0 Å². The maximum absolute atomic E-state index is 12.0. The van der Waals surface area contributed by atoms with Crippen LogP contribution in [-0.2, 0) is 11.3 Å². The molecule has 1 aromatic rings. The predicted molar refractivity (Wildman–Crippen MR) is 70.3 cm³/mol. The highest BCUT2D eigenvalue weighted by molar-refractivity contribution is 5.89. The van der Waals surface area contributed by atoms with Crippen molar-refractivity contribution in [1.82, 2.24) is 25.2 Å². The number of rotatable bonds is 8. The summed E-state index contributed by atoms with van der Waals surface area (Å²) in [6.07, 6.45) is 4.42. The summed E-state index contributed by atoms with van der Waals surface area (Å²) >= 11 is 0. The quantitative estimate of drug-likeness (QED) is 0.669. The van der Waals surface area contributed by atoms with Gasteiger partial charge in [0, 0.05) is 12.7 Å². The third-order valence-corrected chi connectivity index (χ3v) is 2.76. The molecule has 0 aliphatic carbocycles. The first-order valence-electron chi connectivity index (χ1n) is 6.19. The SMILES string of the molecule is CN(C)CC(=O)C(C)(C)NCCCn1ccnn1. The van der Waals surface area contributed by atoms with Crippen LogP contribution in [0.3, 0.4) is 0 Å². The van der Waals surface area contributed by atoms with E-state index in [1.165, 1.54) is 0 Å². The number of carbonyl (C=O) groups is 1. The Hall–Kier alpha value is -1.27. The summed E-state index contributed by atoms with van der Waals surface area (Å²) in [7, 11) is 3.80. The standard InChI is InChI=1S/C12H23N5O/c1-12(2,11(18)10-16(3)4)13-6-5-8-17-9-7-14-15-17/h7,9,13H,5-6,8,10H2,1-4H3. The van der Waals surface area contributed by atoms with Gasteiger partial charge < -0.3 is 10.2 Å². The van der Waals surface area contributed by atoms with E-state index in [9.17, 15) is 4.79 Å². The zero-order chi connectivity index (χ0) is 13.6. The molecule has 1 rings (SSSR count). The maximum atomic E-state index is 12.0. The Bertz CT molecular complexity index is 359. The molecule has 0 aliphatic rings. The second kappa shape index (κ2) is 6.61. The molecule has 18 heavy (non-hydrogen) atoms. The van der Waals surface area contributed by atoms with Crippen molar-refractivity contribution in [3.05, 3.63) is 12.4 Å². The number of hydrogen-bond donors (Lipinski definition) is 1. The zero-order valence-electron chi connectivity index (χ0n) is 11.7.